The van der Waals surface area contributed by atoms with E-state index in [1.165, 1.54) is 35.3 Å². The number of rotatable bonds is 5. The van der Waals surface area contributed by atoms with Crippen LogP contribution in [0.5, 0.6) is 0 Å². The molecule has 0 bridgehead atoms. The molecule has 7 nitrogen and oxygen atoms in total. The van der Waals surface area contributed by atoms with E-state index in [-0.39, 0.29) is 22.9 Å². The number of hydrogen-bond donors (Lipinski definition) is 1. The summed E-state index contributed by atoms with van der Waals surface area (Å²) in [6, 6.07) is 6.15. The molecule has 24 heavy (non-hydrogen) atoms. The fraction of sp³-hybridized carbons (Fsp3) is 0.0625. The first-order valence-electron chi connectivity index (χ1n) is 6.85. The van der Waals surface area contributed by atoms with E-state index in [2.05, 4.69) is 11.9 Å². The Bertz CT molecular complexity index is 798. The molecule has 1 heterocycles. The molecule has 1 aromatic rings. The summed E-state index contributed by atoms with van der Waals surface area (Å²) in [5.41, 5.74) is 0.183. The molecule has 0 radical (unpaired) electrons. The third kappa shape index (κ3) is 3.61. The largest absolute Gasteiger partial charge is 0.298 e. The normalized spacial score (nSPS) is 16.6. The Balaban J connectivity index is 2.29. The summed E-state index contributed by atoms with van der Waals surface area (Å²) in [6.45, 7) is 3.70. The first-order chi connectivity index (χ1) is 11.5. The minimum atomic E-state index is -0.613. The van der Waals surface area contributed by atoms with Crippen molar-refractivity contribution >= 4 is 40.9 Å². The molecule has 1 fully saturated rings. The summed E-state index contributed by atoms with van der Waals surface area (Å²) < 4.78 is 0. The van der Waals surface area contributed by atoms with Gasteiger partial charge in [0.25, 0.3) is 17.5 Å². The van der Waals surface area contributed by atoms with E-state index in [0.717, 1.165) is 0 Å². The van der Waals surface area contributed by atoms with Gasteiger partial charge in [-0.05, 0) is 30.4 Å². The van der Waals surface area contributed by atoms with Gasteiger partial charge in [-0.15, -0.1) is 6.58 Å². The summed E-state index contributed by atoms with van der Waals surface area (Å²) in [4.78, 5) is 35.8. The van der Waals surface area contributed by atoms with Crippen LogP contribution >= 0.6 is 12.2 Å². The Hall–Kier alpha value is -3.13. The molecule has 0 spiro atoms. The molecule has 1 aliphatic heterocycles. The highest BCUT2D eigenvalue weighted by atomic mass is 32.1. The zero-order chi connectivity index (χ0) is 17.7. The van der Waals surface area contributed by atoms with Crippen LogP contribution in [-0.4, -0.2) is 33.3 Å². The fourth-order valence-electron chi connectivity index (χ4n) is 2.05. The second-order valence-corrected chi connectivity index (χ2v) is 5.11. The van der Waals surface area contributed by atoms with Crippen molar-refractivity contribution in [2.75, 3.05) is 6.54 Å². The highest BCUT2D eigenvalue weighted by molar-refractivity contribution is 7.80. The van der Waals surface area contributed by atoms with Gasteiger partial charge in [0.1, 0.15) is 5.57 Å². The highest BCUT2D eigenvalue weighted by Gasteiger charge is 2.32. The Kier molecular flexibility index (Phi) is 5.33. The molecule has 0 aliphatic carbocycles. The summed E-state index contributed by atoms with van der Waals surface area (Å²) in [7, 11) is 0. The van der Waals surface area contributed by atoms with Gasteiger partial charge < -0.3 is 0 Å². The molecular formula is C16H13N3O4S. The Labute approximate surface area is 143 Å². The van der Waals surface area contributed by atoms with Gasteiger partial charge >= 0.3 is 0 Å². The monoisotopic (exact) mass is 343 g/mol. The third-order valence-corrected chi connectivity index (χ3v) is 3.49. The molecule has 0 aromatic heterocycles. The van der Waals surface area contributed by atoms with Crippen LogP contribution < -0.4 is 5.32 Å². The number of benzene rings is 1. The number of thiocarbonyl (C=S) groups is 1. The number of carbonyl (C=O) groups is 2. The summed E-state index contributed by atoms with van der Waals surface area (Å²) in [5.74, 6) is -1.16. The van der Waals surface area contributed by atoms with Gasteiger partial charge in [-0.2, -0.15) is 0 Å². The number of para-hydroxylation sites is 1. The number of hydrogen-bond acceptors (Lipinski definition) is 5. The van der Waals surface area contributed by atoms with Crippen molar-refractivity contribution in [3.8, 4) is 0 Å². The summed E-state index contributed by atoms with van der Waals surface area (Å²) in [5, 5.41) is 13.4. The Morgan fingerprint density at radius 3 is 2.71 bits per heavy atom. The van der Waals surface area contributed by atoms with Crippen LogP contribution in [0.15, 0.2) is 54.6 Å². The van der Waals surface area contributed by atoms with Crippen LogP contribution in [0.2, 0.25) is 0 Å². The first kappa shape index (κ1) is 17.2. The SMILES string of the molecule is C=CCN1C(=O)/C(=C/C=C\c2ccccc2[N+](=O)[O-])C(=O)NC1=S. The highest BCUT2D eigenvalue weighted by Crippen LogP contribution is 2.19. The first-order valence-corrected chi connectivity index (χ1v) is 7.26. The minimum Gasteiger partial charge on any atom is -0.298 e. The maximum Gasteiger partial charge on any atom is 0.276 e. The maximum absolute atomic E-state index is 12.3. The van der Waals surface area contributed by atoms with Gasteiger partial charge in [-0.1, -0.05) is 24.3 Å². The molecule has 122 valence electrons. The second-order valence-electron chi connectivity index (χ2n) is 4.72. The van der Waals surface area contributed by atoms with Crippen LogP contribution in [0.4, 0.5) is 5.69 Å². The molecule has 2 rings (SSSR count). The van der Waals surface area contributed by atoms with E-state index >= 15 is 0 Å². The van der Waals surface area contributed by atoms with Crippen LogP contribution in [0.1, 0.15) is 5.56 Å². The van der Waals surface area contributed by atoms with E-state index in [9.17, 15) is 19.7 Å². The maximum atomic E-state index is 12.3. The van der Waals surface area contributed by atoms with Gasteiger partial charge in [-0.25, -0.2) is 0 Å². The average Bonchev–Trinajstić information content (AvgIpc) is 2.54. The molecule has 0 saturated carbocycles. The lowest BCUT2D eigenvalue weighted by Gasteiger charge is -2.27. The van der Waals surface area contributed by atoms with Gasteiger partial charge in [0.15, 0.2) is 5.11 Å². The zero-order valence-corrected chi connectivity index (χ0v) is 13.3. The van der Waals surface area contributed by atoms with Crippen molar-refractivity contribution in [3.05, 3.63) is 70.3 Å². The quantitative estimate of drug-likeness (QED) is 0.220. The molecule has 8 heteroatoms. The van der Waals surface area contributed by atoms with E-state index in [1.54, 1.807) is 18.2 Å². The van der Waals surface area contributed by atoms with Gasteiger partial charge in [-0.3, -0.25) is 29.9 Å². The average molecular weight is 343 g/mol. The van der Waals surface area contributed by atoms with Crippen LogP contribution in [0.25, 0.3) is 6.08 Å². The number of allylic oxidation sites excluding steroid dienone is 2. The molecule has 1 N–H and O–H groups in total. The van der Waals surface area contributed by atoms with Crippen molar-refractivity contribution in [2.45, 2.75) is 0 Å². The Morgan fingerprint density at radius 2 is 2.04 bits per heavy atom. The molecule has 0 unspecified atom stereocenters. The number of nitro groups is 1. The van der Waals surface area contributed by atoms with Gasteiger partial charge in [0.2, 0.25) is 0 Å². The minimum absolute atomic E-state index is 0.0183. The number of nitrogens with zero attached hydrogens (tertiary/aromatic N) is 2. The lowest BCUT2D eigenvalue weighted by Crippen LogP contribution is -2.53. The molecular weight excluding hydrogens is 330 g/mol. The molecule has 2 amide bonds. The molecule has 1 saturated heterocycles. The molecule has 1 aromatic carbocycles. The number of amides is 2. The van der Waals surface area contributed by atoms with Gasteiger partial charge in [0, 0.05) is 12.6 Å². The van der Waals surface area contributed by atoms with E-state index in [1.807, 2.05) is 0 Å². The van der Waals surface area contributed by atoms with E-state index < -0.39 is 16.7 Å². The zero-order valence-electron chi connectivity index (χ0n) is 12.5. The second kappa shape index (κ2) is 7.42. The smallest absolute Gasteiger partial charge is 0.276 e. The Morgan fingerprint density at radius 1 is 1.33 bits per heavy atom. The van der Waals surface area contributed by atoms with Crippen LogP contribution in [-0.2, 0) is 9.59 Å². The van der Waals surface area contributed by atoms with Crippen molar-refractivity contribution in [3.63, 3.8) is 0 Å². The number of nitrogens with one attached hydrogen (secondary N) is 1. The lowest BCUT2D eigenvalue weighted by atomic mass is 10.1. The van der Waals surface area contributed by atoms with Crippen LogP contribution in [0.3, 0.4) is 0 Å². The van der Waals surface area contributed by atoms with Crippen molar-refractivity contribution in [1.29, 1.82) is 0 Å². The predicted octanol–water partition coefficient (Wildman–Crippen LogP) is 1.96. The fourth-order valence-corrected chi connectivity index (χ4v) is 2.30. The summed E-state index contributed by atoms with van der Waals surface area (Å²) >= 11 is 4.94. The topological polar surface area (TPSA) is 92.6 Å². The number of carbonyl (C=O) groups excluding carboxylic acids is 2. The van der Waals surface area contributed by atoms with E-state index in [4.69, 9.17) is 12.2 Å². The van der Waals surface area contributed by atoms with Crippen molar-refractivity contribution < 1.29 is 14.5 Å². The van der Waals surface area contributed by atoms with Crippen molar-refractivity contribution in [1.82, 2.24) is 10.2 Å². The lowest BCUT2D eigenvalue weighted by molar-refractivity contribution is -0.385. The van der Waals surface area contributed by atoms with Crippen LogP contribution in [0, 0.1) is 10.1 Å². The molecule has 1 aliphatic rings. The standard InChI is InChI=1S/C16H13N3O4S/c1-2-10-18-15(21)12(14(20)17-16(18)24)8-5-7-11-6-3-4-9-13(11)19(22)23/h2-9H,1,10H2,(H,17,20,24)/b7-5-,12-8+. The van der Waals surface area contributed by atoms with Gasteiger partial charge in [0.05, 0.1) is 10.5 Å². The van der Waals surface area contributed by atoms with Crippen molar-refractivity contribution in [2.24, 2.45) is 0 Å². The van der Waals surface area contributed by atoms with E-state index in [0.29, 0.717) is 5.56 Å². The molecule has 0 atom stereocenters. The number of nitro benzene ring substituents is 1. The third-order valence-electron chi connectivity index (χ3n) is 3.17. The summed E-state index contributed by atoms with van der Waals surface area (Å²) in [6.07, 6.45) is 5.65. The predicted molar refractivity (Wildman–Crippen MR) is 92.9 cm³/mol.